The van der Waals surface area contributed by atoms with Crippen molar-refractivity contribution in [2.24, 2.45) is 17.8 Å². The molecule has 2 fully saturated rings. The van der Waals surface area contributed by atoms with Crippen LogP contribution in [0.4, 0.5) is 0 Å². The van der Waals surface area contributed by atoms with E-state index in [0.717, 1.165) is 18.3 Å². The number of rotatable bonds is 4. The smallest absolute Gasteiger partial charge is 0.137 e. The summed E-state index contributed by atoms with van der Waals surface area (Å²) in [5.74, 6) is 2.98. The number of fused-ring (bicyclic) bond motifs is 2. The molecule has 0 radical (unpaired) electrons. The summed E-state index contributed by atoms with van der Waals surface area (Å²) in [6, 6.07) is 8.26. The van der Waals surface area contributed by atoms with Crippen LogP contribution in [-0.4, -0.2) is 5.78 Å². The molecule has 1 nitrogen and oxygen atoms in total. The van der Waals surface area contributed by atoms with Gasteiger partial charge in [-0.05, 0) is 55.1 Å². The van der Waals surface area contributed by atoms with Crippen LogP contribution in [0.15, 0.2) is 24.3 Å². The Bertz CT molecular complexity index is 449. The minimum Gasteiger partial charge on any atom is -0.299 e. The van der Waals surface area contributed by atoms with Crippen LogP contribution in [0.25, 0.3) is 0 Å². The van der Waals surface area contributed by atoms with Crippen molar-refractivity contribution in [1.82, 2.24) is 0 Å². The number of benzene rings is 1. The van der Waals surface area contributed by atoms with Gasteiger partial charge in [0.15, 0.2) is 0 Å². The number of hydrogen-bond donors (Lipinski definition) is 0. The first kappa shape index (κ1) is 12.0. The largest absolute Gasteiger partial charge is 0.299 e. The zero-order valence-electron chi connectivity index (χ0n) is 11.2. The van der Waals surface area contributed by atoms with Crippen molar-refractivity contribution in [2.75, 3.05) is 0 Å². The summed E-state index contributed by atoms with van der Waals surface area (Å²) >= 11 is 0. The second-order valence-corrected chi connectivity index (χ2v) is 6.28. The van der Waals surface area contributed by atoms with E-state index in [2.05, 4.69) is 19.1 Å². The van der Waals surface area contributed by atoms with Gasteiger partial charge in [-0.25, -0.2) is 0 Å². The normalized spacial score (nSPS) is 29.7. The molecule has 2 bridgehead atoms. The molecule has 3 unspecified atom stereocenters. The van der Waals surface area contributed by atoms with Gasteiger partial charge in [-0.2, -0.15) is 0 Å². The molecule has 1 aromatic rings. The summed E-state index contributed by atoms with van der Waals surface area (Å²) in [6.45, 7) is 2.10. The highest BCUT2D eigenvalue weighted by molar-refractivity contribution is 5.81. The summed E-state index contributed by atoms with van der Waals surface area (Å²) in [5.41, 5.74) is 2.46. The highest BCUT2D eigenvalue weighted by Gasteiger charge is 2.39. The lowest BCUT2D eigenvalue weighted by molar-refractivity contribution is -0.119. The van der Waals surface area contributed by atoms with E-state index in [4.69, 9.17) is 0 Å². The van der Waals surface area contributed by atoms with Crippen molar-refractivity contribution < 1.29 is 4.79 Å². The highest BCUT2D eigenvalue weighted by atomic mass is 16.1. The van der Waals surface area contributed by atoms with Crippen molar-refractivity contribution in [3.8, 4) is 0 Å². The topological polar surface area (TPSA) is 17.1 Å². The predicted octanol–water partition coefficient (Wildman–Crippen LogP) is 3.93. The molecule has 2 aliphatic rings. The van der Waals surface area contributed by atoms with Gasteiger partial charge in [0, 0.05) is 12.8 Å². The lowest BCUT2D eigenvalue weighted by atomic mass is 9.84. The van der Waals surface area contributed by atoms with E-state index in [1.54, 1.807) is 0 Å². The third-order valence-electron chi connectivity index (χ3n) is 5.02. The van der Waals surface area contributed by atoms with E-state index in [1.165, 1.54) is 36.8 Å². The van der Waals surface area contributed by atoms with Crippen molar-refractivity contribution in [1.29, 1.82) is 0 Å². The van der Waals surface area contributed by atoms with E-state index in [0.29, 0.717) is 18.1 Å². The second-order valence-electron chi connectivity index (χ2n) is 6.28. The summed E-state index contributed by atoms with van der Waals surface area (Å²) in [4.78, 5) is 12.2. The molecule has 1 heteroatoms. The fourth-order valence-corrected chi connectivity index (χ4v) is 4.01. The molecular formula is C17H22O. The SMILES string of the molecule is Cc1ccccc1CC(=O)CC1CC2CCC1C2. The highest BCUT2D eigenvalue weighted by Crippen LogP contribution is 2.49. The molecule has 2 saturated carbocycles. The number of carbonyl (C=O) groups excluding carboxylic acids is 1. The van der Waals surface area contributed by atoms with Gasteiger partial charge in [-0.15, -0.1) is 0 Å². The van der Waals surface area contributed by atoms with Crippen molar-refractivity contribution in [3.05, 3.63) is 35.4 Å². The Morgan fingerprint density at radius 1 is 1.22 bits per heavy atom. The van der Waals surface area contributed by atoms with E-state index >= 15 is 0 Å². The average molecular weight is 242 g/mol. The monoisotopic (exact) mass is 242 g/mol. The van der Waals surface area contributed by atoms with Crippen molar-refractivity contribution >= 4 is 5.78 Å². The van der Waals surface area contributed by atoms with E-state index in [-0.39, 0.29) is 0 Å². The summed E-state index contributed by atoms with van der Waals surface area (Å²) in [6.07, 6.45) is 7.00. The first-order valence-corrected chi connectivity index (χ1v) is 7.28. The Morgan fingerprint density at radius 3 is 2.72 bits per heavy atom. The van der Waals surface area contributed by atoms with E-state index < -0.39 is 0 Å². The summed E-state index contributed by atoms with van der Waals surface area (Å²) < 4.78 is 0. The molecule has 18 heavy (non-hydrogen) atoms. The Kier molecular flexibility index (Phi) is 3.23. The van der Waals surface area contributed by atoms with Crippen LogP contribution in [-0.2, 0) is 11.2 Å². The van der Waals surface area contributed by atoms with E-state index in [1.807, 2.05) is 12.1 Å². The van der Waals surface area contributed by atoms with Gasteiger partial charge in [0.05, 0.1) is 0 Å². The maximum Gasteiger partial charge on any atom is 0.137 e. The minimum atomic E-state index is 0.446. The number of ketones is 1. The number of Topliss-reactive ketones (excluding diaryl/α,β-unsaturated/α-hetero) is 1. The van der Waals surface area contributed by atoms with Gasteiger partial charge in [0.25, 0.3) is 0 Å². The Labute approximate surface area is 110 Å². The fraction of sp³-hybridized carbons (Fsp3) is 0.588. The Hall–Kier alpha value is -1.11. The van der Waals surface area contributed by atoms with Crippen molar-refractivity contribution in [3.63, 3.8) is 0 Å². The van der Waals surface area contributed by atoms with Crippen LogP contribution >= 0.6 is 0 Å². The molecule has 0 N–H and O–H groups in total. The zero-order chi connectivity index (χ0) is 12.5. The number of carbonyl (C=O) groups is 1. The second kappa shape index (κ2) is 4.87. The van der Waals surface area contributed by atoms with Gasteiger partial charge in [-0.3, -0.25) is 4.79 Å². The first-order valence-electron chi connectivity index (χ1n) is 7.28. The number of aryl methyl sites for hydroxylation is 1. The first-order chi connectivity index (χ1) is 8.72. The predicted molar refractivity (Wildman–Crippen MR) is 73.4 cm³/mol. The molecule has 0 spiro atoms. The fourth-order valence-electron chi connectivity index (χ4n) is 4.01. The third kappa shape index (κ3) is 2.36. The van der Waals surface area contributed by atoms with E-state index in [9.17, 15) is 4.79 Å². The molecule has 0 aliphatic heterocycles. The molecule has 1 aromatic carbocycles. The van der Waals surface area contributed by atoms with Crippen LogP contribution in [0, 0.1) is 24.7 Å². The van der Waals surface area contributed by atoms with Gasteiger partial charge in [-0.1, -0.05) is 30.7 Å². The van der Waals surface area contributed by atoms with Crippen LogP contribution in [0.3, 0.4) is 0 Å². The van der Waals surface area contributed by atoms with Gasteiger partial charge in [0.2, 0.25) is 0 Å². The molecule has 0 aromatic heterocycles. The third-order valence-corrected chi connectivity index (χ3v) is 5.02. The Balaban J connectivity index is 1.58. The minimum absolute atomic E-state index is 0.446. The van der Waals surface area contributed by atoms with Crippen molar-refractivity contribution in [2.45, 2.75) is 45.4 Å². The molecular weight excluding hydrogens is 220 g/mol. The average Bonchev–Trinajstić information content (AvgIpc) is 2.94. The molecule has 3 rings (SSSR count). The van der Waals surface area contributed by atoms with Crippen LogP contribution in [0.5, 0.6) is 0 Å². The van der Waals surface area contributed by atoms with Gasteiger partial charge < -0.3 is 0 Å². The maximum atomic E-state index is 12.2. The van der Waals surface area contributed by atoms with Crippen LogP contribution in [0.2, 0.25) is 0 Å². The zero-order valence-corrected chi connectivity index (χ0v) is 11.2. The molecule has 3 atom stereocenters. The Morgan fingerprint density at radius 2 is 2.06 bits per heavy atom. The standard InChI is InChI=1S/C17H22O/c1-12-4-2-3-5-14(12)10-17(18)11-16-9-13-6-7-15(16)8-13/h2-5,13,15-16H,6-11H2,1H3. The lowest BCUT2D eigenvalue weighted by Gasteiger charge is -2.20. The number of hydrogen-bond acceptors (Lipinski definition) is 1. The molecule has 0 saturated heterocycles. The van der Waals surface area contributed by atoms with Crippen LogP contribution < -0.4 is 0 Å². The quantitative estimate of drug-likeness (QED) is 0.781. The molecule has 0 heterocycles. The molecule has 0 amide bonds. The lowest BCUT2D eigenvalue weighted by Crippen LogP contribution is -2.16. The molecule has 96 valence electrons. The van der Waals surface area contributed by atoms with Gasteiger partial charge >= 0.3 is 0 Å². The summed E-state index contributed by atoms with van der Waals surface area (Å²) in [7, 11) is 0. The van der Waals surface area contributed by atoms with Gasteiger partial charge in [0.1, 0.15) is 5.78 Å². The summed E-state index contributed by atoms with van der Waals surface area (Å²) in [5, 5.41) is 0. The maximum absolute atomic E-state index is 12.2. The molecule has 2 aliphatic carbocycles. The van der Waals surface area contributed by atoms with Crippen LogP contribution in [0.1, 0.15) is 43.2 Å².